The van der Waals surface area contributed by atoms with Gasteiger partial charge in [0.25, 0.3) is 5.91 Å². The third kappa shape index (κ3) is 4.43. The van der Waals surface area contributed by atoms with Crippen LogP contribution in [-0.2, 0) is 4.79 Å². The van der Waals surface area contributed by atoms with E-state index in [1.165, 1.54) is 31.3 Å². The van der Waals surface area contributed by atoms with Gasteiger partial charge in [0.15, 0.2) is 0 Å². The molecule has 0 bridgehead atoms. The number of alkyl halides is 2. The summed E-state index contributed by atoms with van der Waals surface area (Å²) in [5.41, 5.74) is 0.546. The van der Waals surface area contributed by atoms with E-state index in [0.717, 1.165) is 22.6 Å². The molecule has 2 unspecified atom stereocenters. The predicted octanol–water partition coefficient (Wildman–Crippen LogP) is 6.42. The summed E-state index contributed by atoms with van der Waals surface area (Å²) >= 11 is 18.9. The van der Waals surface area contributed by atoms with Gasteiger partial charge in [-0.1, -0.05) is 48.0 Å². The lowest BCUT2D eigenvalue weighted by atomic mass is 10.1. The molecule has 1 saturated carbocycles. The van der Waals surface area contributed by atoms with Gasteiger partial charge in [-0.15, -0.1) is 23.2 Å². The molecule has 9 heteroatoms. The fraction of sp³-hybridized carbons (Fsp3) is 0.167. The van der Waals surface area contributed by atoms with Gasteiger partial charge in [0.1, 0.15) is 21.7 Å². The number of para-hydroxylation sites is 1. The fourth-order valence-corrected chi connectivity index (χ4v) is 4.83. The highest BCUT2D eigenvalue weighted by Crippen LogP contribution is 2.65. The normalized spacial score (nSPS) is 18.5. The number of hydrogen-bond acceptors (Lipinski definition) is 2. The summed E-state index contributed by atoms with van der Waals surface area (Å²) in [6.07, 6.45) is 0. The Bertz CT molecular complexity index is 1220. The topological polar surface area (TPSA) is 49.4 Å². The molecule has 2 amide bonds. The van der Waals surface area contributed by atoms with E-state index in [1.807, 2.05) is 30.3 Å². The van der Waals surface area contributed by atoms with Gasteiger partial charge < -0.3 is 10.2 Å². The van der Waals surface area contributed by atoms with Gasteiger partial charge in [0.2, 0.25) is 5.91 Å². The Morgan fingerprint density at radius 2 is 1.61 bits per heavy atom. The molecule has 1 aliphatic carbocycles. The van der Waals surface area contributed by atoms with Crippen molar-refractivity contribution in [3.63, 3.8) is 0 Å². The van der Waals surface area contributed by atoms with Crippen LogP contribution in [0.1, 0.15) is 21.8 Å². The summed E-state index contributed by atoms with van der Waals surface area (Å²) in [5, 5.41) is 2.75. The number of amides is 2. The molecule has 0 radical (unpaired) electrons. The third-order valence-electron chi connectivity index (χ3n) is 5.54. The van der Waals surface area contributed by atoms with Crippen molar-refractivity contribution in [1.29, 1.82) is 0 Å². The van der Waals surface area contributed by atoms with Crippen LogP contribution in [-0.4, -0.2) is 23.2 Å². The van der Waals surface area contributed by atoms with Crippen LogP contribution in [0.4, 0.5) is 20.2 Å². The first-order chi connectivity index (χ1) is 15.6. The van der Waals surface area contributed by atoms with Crippen LogP contribution in [0.5, 0.6) is 0 Å². The number of rotatable bonds is 5. The van der Waals surface area contributed by atoms with Crippen molar-refractivity contribution in [3.8, 4) is 0 Å². The number of carbonyl (C=O) groups excluding carboxylic acids is 2. The minimum Gasteiger partial charge on any atom is -0.326 e. The van der Waals surface area contributed by atoms with E-state index >= 15 is 0 Å². The van der Waals surface area contributed by atoms with Gasteiger partial charge in [-0.25, -0.2) is 8.78 Å². The van der Waals surface area contributed by atoms with E-state index in [9.17, 15) is 18.4 Å². The summed E-state index contributed by atoms with van der Waals surface area (Å²) in [5.74, 6) is -4.06. The molecule has 0 aliphatic heterocycles. The number of nitrogens with zero attached hydrogens (tertiary/aromatic N) is 1. The maximum absolute atomic E-state index is 14.1. The molecule has 1 aliphatic rings. The van der Waals surface area contributed by atoms with E-state index < -0.39 is 39.4 Å². The van der Waals surface area contributed by atoms with E-state index in [-0.39, 0.29) is 22.2 Å². The monoisotopic (exact) mass is 508 g/mol. The average Bonchev–Trinajstić information content (AvgIpc) is 3.37. The summed E-state index contributed by atoms with van der Waals surface area (Å²) in [6, 6.07) is 16.7. The zero-order valence-electron chi connectivity index (χ0n) is 17.2. The first-order valence-corrected chi connectivity index (χ1v) is 11.0. The molecular weight excluding hydrogens is 493 g/mol. The average molecular weight is 510 g/mol. The van der Waals surface area contributed by atoms with Gasteiger partial charge in [-0.3, -0.25) is 9.59 Å². The zero-order chi connectivity index (χ0) is 23.9. The van der Waals surface area contributed by atoms with Crippen molar-refractivity contribution in [2.45, 2.75) is 10.3 Å². The van der Waals surface area contributed by atoms with Crippen molar-refractivity contribution in [1.82, 2.24) is 0 Å². The molecular formula is C24H17Cl3F2N2O2. The first-order valence-electron chi connectivity index (χ1n) is 9.88. The highest BCUT2D eigenvalue weighted by Gasteiger charge is 2.67. The Kier molecular flexibility index (Phi) is 6.36. The summed E-state index contributed by atoms with van der Waals surface area (Å²) in [7, 11) is 1.23. The molecule has 3 aromatic rings. The molecule has 33 heavy (non-hydrogen) atoms. The Labute approximate surface area is 204 Å². The standard InChI is InChI=1S/C24H17Cl3F2N2O2/c1-31(21-17(28)8-5-9-18(21)29)23(33)15-12-14(10-11-16(15)25)30-22(32)20-19(24(20,26)27)13-6-3-2-4-7-13/h2-12,19-20H,1H3,(H,30,32). The van der Waals surface area contributed by atoms with Gasteiger partial charge in [-0.05, 0) is 35.9 Å². The van der Waals surface area contributed by atoms with Crippen LogP contribution in [0.25, 0.3) is 0 Å². The van der Waals surface area contributed by atoms with Crippen molar-refractivity contribution >= 4 is 58.0 Å². The fourth-order valence-electron chi connectivity index (χ4n) is 3.81. The molecule has 2 atom stereocenters. The highest BCUT2D eigenvalue weighted by atomic mass is 35.5. The van der Waals surface area contributed by atoms with Gasteiger partial charge in [0, 0.05) is 18.7 Å². The SMILES string of the molecule is CN(C(=O)c1cc(NC(=O)C2C(c3ccccc3)C2(Cl)Cl)ccc1Cl)c1c(F)cccc1F. The van der Waals surface area contributed by atoms with E-state index in [4.69, 9.17) is 34.8 Å². The van der Waals surface area contributed by atoms with Gasteiger partial charge >= 0.3 is 0 Å². The maximum Gasteiger partial charge on any atom is 0.259 e. The number of halogens is 5. The summed E-state index contributed by atoms with van der Waals surface area (Å²) in [4.78, 5) is 26.7. The van der Waals surface area contributed by atoms with E-state index in [2.05, 4.69) is 5.32 Å². The number of hydrogen-bond donors (Lipinski definition) is 1. The van der Waals surface area contributed by atoms with Gasteiger partial charge in [-0.2, -0.15) is 0 Å². The molecule has 1 fully saturated rings. The molecule has 1 N–H and O–H groups in total. The zero-order valence-corrected chi connectivity index (χ0v) is 19.4. The molecule has 0 heterocycles. The molecule has 4 nitrogen and oxygen atoms in total. The second kappa shape index (κ2) is 8.93. The highest BCUT2D eigenvalue weighted by molar-refractivity contribution is 6.53. The molecule has 0 spiro atoms. The van der Waals surface area contributed by atoms with Crippen molar-refractivity contribution < 1.29 is 18.4 Å². The van der Waals surface area contributed by atoms with Crippen LogP contribution < -0.4 is 10.2 Å². The van der Waals surface area contributed by atoms with Crippen LogP contribution in [0, 0.1) is 17.6 Å². The second-order valence-electron chi connectivity index (χ2n) is 7.66. The van der Waals surface area contributed by atoms with E-state index in [1.54, 1.807) is 0 Å². The first kappa shape index (κ1) is 23.5. The molecule has 170 valence electrons. The largest absolute Gasteiger partial charge is 0.326 e. The maximum atomic E-state index is 14.1. The number of nitrogens with one attached hydrogen (secondary N) is 1. The second-order valence-corrected chi connectivity index (χ2v) is 9.51. The molecule has 4 rings (SSSR count). The minimum atomic E-state index is -1.26. The van der Waals surface area contributed by atoms with Crippen molar-refractivity contribution in [2.75, 3.05) is 17.3 Å². The van der Waals surface area contributed by atoms with Crippen LogP contribution in [0.3, 0.4) is 0 Å². The number of anilines is 2. The molecule has 0 saturated heterocycles. The smallest absolute Gasteiger partial charge is 0.259 e. The minimum absolute atomic E-state index is 0.0435. The van der Waals surface area contributed by atoms with Crippen LogP contribution in [0.2, 0.25) is 5.02 Å². The Morgan fingerprint density at radius 1 is 0.970 bits per heavy atom. The lowest BCUT2D eigenvalue weighted by Gasteiger charge is -2.20. The number of benzene rings is 3. The lowest BCUT2D eigenvalue weighted by molar-refractivity contribution is -0.117. The van der Waals surface area contributed by atoms with Crippen LogP contribution >= 0.6 is 34.8 Å². The van der Waals surface area contributed by atoms with E-state index in [0.29, 0.717) is 0 Å². The third-order valence-corrected chi connectivity index (χ3v) is 6.81. The Hall–Kier alpha value is -2.67. The quantitative estimate of drug-likeness (QED) is 0.404. The van der Waals surface area contributed by atoms with Crippen molar-refractivity contribution in [2.24, 2.45) is 5.92 Å². The predicted molar refractivity (Wildman–Crippen MR) is 126 cm³/mol. The number of carbonyl (C=O) groups is 2. The molecule has 0 aromatic heterocycles. The van der Waals surface area contributed by atoms with Crippen LogP contribution in [0.15, 0.2) is 66.7 Å². The van der Waals surface area contributed by atoms with Crippen molar-refractivity contribution in [3.05, 3.63) is 94.5 Å². The Morgan fingerprint density at radius 3 is 2.24 bits per heavy atom. The summed E-state index contributed by atoms with van der Waals surface area (Å²) < 4.78 is 27.0. The van der Waals surface area contributed by atoms with Gasteiger partial charge in [0.05, 0.1) is 16.5 Å². The molecule has 3 aromatic carbocycles. The summed E-state index contributed by atoms with van der Waals surface area (Å²) in [6.45, 7) is 0. The lowest BCUT2D eigenvalue weighted by Crippen LogP contribution is -2.28. The Balaban J connectivity index is 1.55.